The minimum Gasteiger partial charge on any atom is -0.347 e. The first-order chi connectivity index (χ1) is 8.79. The standard InChI is InChI=1S/C12H22N6/c1-9(11-14-7-8-15-11)16-12(18-13)17-10-5-3-2-4-6-10/h7-10H,2-6,13H2,1H3,(H,14,15)(H2,16,17,18). The largest absolute Gasteiger partial charge is 0.347 e. The van der Waals surface area contributed by atoms with E-state index >= 15 is 0 Å². The summed E-state index contributed by atoms with van der Waals surface area (Å²) < 4.78 is 0. The number of H-pyrrole nitrogens is 1. The third-order valence-electron chi connectivity index (χ3n) is 3.31. The summed E-state index contributed by atoms with van der Waals surface area (Å²) in [6.45, 7) is 2.02. The van der Waals surface area contributed by atoms with Crippen molar-refractivity contribution in [1.82, 2.24) is 20.7 Å². The topological polar surface area (TPSA) is 91.1 Å². The summed E-state index contributed by atoms with van der Waals surface area (Å²) in [5.41, 5.74) is 2.64. The molecule has 1 saturated carbocycles. The van der Waals surface area contributed by atoms with Gasteiger partial charge in [-0.05, 0) is 19.8 Å². The van der Waals surface area contributed by atoms with Crippen LogP contribution in [-0.4, -0.2) is 22.0 Å². The summed E-state index contributed by atoms with van der Waals surface area (Å²) in [7, 11) is 0. The van der Waals surface area contributed by atoms with Crippen LogP contribution in [0.4, 0.5) is 0 Å². The molecule has 1 fully saturated rings. The number of aromatic nitrogens is 2. The fourth-order valence-corrected chi connectivity index (χ4v) is 2.30. The number of nitrogens with two attached hydrogens (primary N) is 1. The summed E-state index contributed by atoms with van der Waals surface area (Å²) in [4.78, 5) is 11.9. The Morgan fingerprint density at radius 2 is 2.28 bits per heavy atom. The maximum absolute atomic E-state index is 5.52. The number of hydrogen-bond acceptors (Lipinski definition) is 3. The summed E-state index contributed by atoms with van der Waals surface area (Å²) in [6, 6.07) is 0.444. The minimum absolute atomic E-state index is 0.0541. The predicted molar refractivity (Wildman–Crippen MR) is 71.8 cm³/mol. The van der Waals surface area contributed by atoms with Crippen LogP contribution < -0.4 is 16.6 Å². The second-order valence-corrected chi connectivity index (χ2v) is 4.75. The van der Waals surface area contributed by atoms with Gasteiger partial charge in [0.2, 0.25) is 5.96 Å². The van der Waals surface area contributed by atoms with E-state index in [0.717, 1.165) is 18.7 Å². The Kier molecular flexibility index (Phi) is 4.58. The van der Waals surface area contributed by atoms with Crippen LogP contribution in [0.15, 0.2) is 17.4 Å². The van der Waals surface area contributed by atoms with Crippen LogP contribution in [0, 0.1) is 0 Å². The van der Waals surface area contributed by atoms with E-state index in [4.69, 9.17) is 5.84 Å². The van der Waals surface area contributed by atoms with Crippen molar-refractivity contribution >= 4 is 5.96 Å². The fourth-order valence-electron chi connectivity index (χ4n) is 2.30. The average molecular weight is 250 g/mol. The van der Waals surface area contributed by atoms with Crippen molar-refractivity contribution < 1.29 is 0 Å². The van der Waals surface area contributed by atoms with Crippen molar-refractivity contribution in [1.29, 1.82) is 0 Å². The monoisotopic (exact) mass is 250 g/mol. The van der Waals surface area contributed by atoms with E-state index in [2.05, 4.69) is 25.7 Å². The maximum Gasteiger partial charge on any atom is 0.206 e. The van der Waals surface area contributed by atoms with Crippen molar-refractivity contribution in [2.75, 3.05) is 0 Å². The Labute approximate surface area is 107 Å². The number of aliphatic imine (C=N–C) groups is 1. The Morgan fingerprint density at radius 1 is 1.50 bits per heavy atom. The zero-order valence-corrected chi connectivity index (χ0v) is 10.8. The van der Waals surface area contributed by atoms with Gasteiger partial charge in [0.15, 0.2) is 0 Å². The molecule has 1 aliphatic carbocycles. The van der Waals surface area contributed by atoms with E-state index in [1.54, 1.807) is 12.4 Å². The number of hydrogen-bond donors (Lipinski definition) is 4. The molecule has 100 valence electrons. The Balaban J connectivity index is 1.93. The van der Waals surface area contributed by atoms with Gasteiger partial charge in [-0.1, -0.05) is 19.3 Å². The van der Waals surface area contributed by atoms with Gasteiger partial charge in [-0.15, -0.1) is 0 Å². The van der Waals surface area contributed by atoms with Crippen molar-refractivity contribution in [2.24, 2.45) is 10.8 Å². The first-order valence-electron chi connectivity index (χ1n) is 6.60. The fraction of sp³-hybridized carbons (Fsp3) is 0.667. The van der Waals surface area contributed by atoms with Gasteiger partial charge in [0.05, 0.1) is 12.1 Å². The zero-order chi connectivity index (χ0) is 12.8. The van der Waals surface area contributed by atoms with E-state index in [-0.39, 0.29) is 6.04 Å². The molecule has 0 aromatic carbocycles. The second kappa shape index (κ2) is 6.39. The van der Waals surface area contributed by atoms with Crippen LogP contribution >= 0.6 is 0 Å². The van der Waals surface area contributed by atoms with Crippen LogP contribution in [0.1, 0.15) is 50.9 Å². The third-order valence-corrected chi connectivity index (χ3v) is 3.31. The molecule has 1 heterocycles. The van der Waals surface area contributed by atoms with Gasteiger partial charge in [0.1, 0.15) is 5.82 Å². The van der Waals surface area contributed by atoms with Crippen LogP contribution in [-0.2, 0) is 0 Å². The smallest absolute Gasteiger partial charge is 0.206 e. The molecule has 18 heavy (non-hydrogen) atoms. The Bertz CT molecular complexity index is 366. The van der Waals surface area contributed by atoms with Crippen molar-refractivity contribution in [3.05, 3.63) is 18.2 Å². The molecular formula is C12H22N6. The van der Waals surface area contributed by atoms with Crippen molar-refractivity contribution in [3.8, 4) is 0 Å². The minimum atomic E-state index is 0.0541. The highest BCUT2D eigenvalue weighted by molar-refractivity contribution is 5.79. The molecule has 0 radical (unpaired) electrons. The molecule has 1 aromatic rings. The molecule has 1 atom stereocenters. The number of nitrogens with one attached hydrogen (secondary N) is 3. The SMILES string of the molecule is CC(NC(=NC1CCCCC1)NN)c1ncc[nH]1. The van der Waals surface area contributed by atoms with Gasteiger partial charge in [0.25, 0.3) is 0 Å². The maximum atomic E-state index is 5.52. The van der Waals surface area contributed by atoms with E-state index in [0.29, 0.717) is 12.0 Å². The molecule has 1 aromatic heterocycles. The lowest BCUT2D eigenvalue weighted by Crippen LogP contribution is -2.43. The quantitative estimate of drug-likeness (QED) is 0.281. The number of guanidine groups is 1. The molecule has 0 spiro atoms. The molecule has 1 unspecified atom stereocenters. The molecule has 1 aliphatic rings. The number of nitrogens with zero attached hydrogens (tertiary/aromatic N) is 2. The van der Waals surface area contributed by atoms with Crippen LogP contribution in [0.3, 0.4) is 0 Å². The number of imidazole rings is 1. The van der Waals surface area contributed by atoms with Gasteiger partial charge in [-0.2, -0.15) is 0 Å². The van der Waals surface area contributed by atoms with Crippen LogP contribution in [0.2, 0.25) is 0 Å². The third kappa shape index (κ3) is 3.46. The number of rotatable bonds is 3. The zero-order valence-electron chi connectivity index (χ0n) is 10.8. The average Bonchev–Trinajstić information content (AvgIpc) is 2.93. The van der Waals surface area contributed by atoms with Crippen LogP contribution in [0.25, 0.3) is 0 Å². The van der Waals surface area contributed by atoms with Gasteiger partial charge < -0.3 is 10.3 Å². The summed E-state index contributed by atoms with van der Waals surface area (Å²) in [6.07, 6.45) is 9.71. The highest BCUT2D eigenvalue weighted by Gasteiger charge is 2.14. The molecule has 0 amide bonds. The first kappa shape index (κ1) is 12.9. The van der Waals surface area contributed by atoms with E-state index in [1.807, 2.05) is 6.92 Å². The van der Waals surface area contributed by atoms with Gasteiger partial charge in [-0.25, -0.2) is 15.8 Å². The lowest BCUT2D eigenvalue weighted by Gasteiger charge is -2.21. The van der Waals surface area contributed by atoms with E-state index in [9.17, 15) is 0 Å². The number of aromatic amines is 1. The molecule has 0 saturated heterocycles. The Hall–Kier alpha value is -1.56. The molecule has 0 aliphatic heterocycles. The van der Waals surface area contributed by atoms with E-state index in [1.165, 1.54) is 19.3 Å². The van der Waals surface area contributed by atoms with Crippen molar-refractivity contribution in [3.63, 3.8) is 0 Å². The summed E-state index contributed by atoms with van der Waals surface area (Å²) in [5.74, 6) is 7.04. The van der Waals surface area contributed by atoms with Gasteiger partial charge in [-0.3, -0.25) is 5.43 Å². The summed E-state index contributed by atoms with van der Waals surface area (Å²) >= 11 is 0. The molecule has 5 N–H and O–H groups in total. The number of hydrazine groups is 1. The lowest BCUT2D eigenvalue weighted by atomic mass is 9.96. The highest BCUT2D eigenvalue weighted by Crippen LogP contribution is 2.20. The second-order valence-electron chi connectivity index (χ2n) is 4.75. The van der Waals surface area contributed by atoms with Gasteiger partial charge >= 0.3 is 0 Å². The molecule has 6 nitrogen and oxygen atoms in total. The Morgan fingerprint density at radius 3 is 2.89 bits per heavy atom. The van der Waals surface area contributed by atoms with Crippen LogP contribution in [0.5, 0.6) is 0 Å². The van der Waals surface area contributed by atoms with E-state index < -0.39 is 0 Å². The molecule has 6 heteroatoms. The first-order valence-corrected chi connectivity index (χ1v) is 6.60. The van der Waals surface area contributed by atoms with Gasteiger partial charge in [0, 0.05) is 12.4 Å². The molecular weight excluding hydrogens is 228 g/mol. The normalized spacial score (nSPS) is 19.6. The predicted octanol–water partition coefficient (Wildman–Crippen LogP) is 1.21. The lowest BCUT2D eigenvalue weighted by molar-refractivity contribution is 0.440. The highest BCUT2D eigenvalue weighted by atomic mass is 15.3. The molecule has 2 rings (SSSR count). The molecule has 0 bridgehead atoms. The summed E-state index contributed by atoms with van der Waals surface area (Å²) in [5, 5.41) is 3.24. The van der Waals surface area contributed by atoms with Crippen molar-refractivity contribution in [2.45, 2.75) is 51.1 Å².